The van der Waals surface area contributed by atoms with Crippen LogP contribution in [0.1, 0.15) is 23.6 Å². The van der Waals surface area contributed by atoms with Gasteiger partial charge in [-0.1, -0.05) is 29.4 Å². The number of fused-ring (bicyclic) bond motifs is 1. The lowest BCUT2D eigenvalue weighted by Crippen LogP contribution is -2.28. The Kier molecular flexibility index (Phi) is 3.08. The molecule has 0 radical (unpaired) electrons. The molecule has 1 aliphatic rings. The first-order chi connectivity index (χ1) is 7.81. The monoisotopic (exact) mass is 216 g/mol. The quantitative estimate of drug-likeness (QED) is 0.468. The van der Waals surface area contributed by atoms with E-state index < -0.39 is 0 Å². The van der Waals surface area contributed by atoms with Crippen molar-refractivity contribution in [2.75, 3.05) is 6.54 Å². The zero-order valence-corrected chi connectivity index (χ0v) is 8.76. The molecule has 1 aromatic rings. The van der Waals surface area contributed by atoms with Crippen molar-refractivity contribution in [1.82, 2.24) is 5.32 Å². The topological polar surface area (TPSA) is 77.9 Å². The van der Waals surface area contributed by atoms with Gasteiger partial charge in [0.25, 0.3) is 0 Å². The van der Waals surface area contributed by atoms with Gasteiger partial charge < -0.3 is 5.32 Å². The van der Waals surface area contributed by atoms with Crippen molar-refractivity contribution in [2.24, 2.45) is 5.11 Å². The normalized spacial score (nSPS) is 17.4. The van der Waals surface area contributed by atoms with E-state index in [1.807, 2.05) is 18.2 Å². The van der Waals surface area contributed by atoms with Gasteiger partial charge >= 0.3 is 0 Å². The van der Waals surface area contributed by atoms with Crippen LogP contribution in [0.3, 0.4) is 0 Å². The van der Waals surface area contributed by atoms with Crippen LogP contribution in [0, 0.1) is 0 Å². The average molecular weight is 216 g/mol. The Morgan fingerprint density at radius 3 is 3.19 bits per heavy atom. The Morgan fingerprint density at radius 2 is 2.38 bits per heavy atom. The molecule has 1 unspecified atom stereocenters. The van der Waals surface area contributed by atoms with Gasteiger partial charge in [-0.2, -0.15) is 0 Å². The van der Waals surface area contributed by atoms with Crippen LogP contribution in [0.25, 0.3) is 10.4 Å². The van der Waals surface area contributed by atoms with Crippen LogP contribution in [-0.4, -0.2) is 12.5 Å². The molecule has 1 N–H and O–H groups in total. The summed E-state index contributed by atoms with van der Waals surface area (Å²) in [6, 6.07) is 8.15. The van der Waals surface area contributed by atoms with E-state index in [9.17, 15) is 4.79 Å². The van der Waals surface area contributed by atoms with Gasteiger partial charge in [0.05, 0.1) is 6.04 Å². The van der Waals surface area contributed by atoms with Gasteiger partial charge in [-0.25, -0.2) is 0 Å². The molecule has 0 aliphatic heterocycles. The second-order valence-corrected chi connectivity index (χ2v) is 3.75. The average Bonchev–Trinajstić information content (AvgIpc) is 2.70. The number of amides is 1. The third-order valence-corrected chi connectivity index (χ3v) is 2.75. The van der Waals surface area contributed by atoms with Crippen LogP contribution >= 0.6 is 0 Å². The highest BCUT2D eigenvalue weighted by Gasteiger charge is 2.22. The third-order valence-electron chi connectivity index (χ3n) is 2.75. The molecule has 16 heavy (non-hydrogen) atoms. The Hall–Kier alpha value is -2.00. The summed E-state index contributed by atoms with van der Waals surface area (Å²) >= 11 is 0. The number of benzene rings is 1. The maximum absolute atomic E-state index is 11.4. The Labute approximate surface area is 93.1 Å². The Balaban J connectivity index is 2.03. The molecule has 0 fully saturated rings. The molecule has 0 bridgehead atoms. The summed E-state index contributed by atoms with van der Waals surface area (Å²) in [6.07, 6.45) is 1.91. The van der Waals surface area contributed by atoms with Crippen molar-refractivity contribution < 1.29 is 4.79 Å². The SMILES string of the molecule is [N-]=[N+]=NCC(=O)NC1CCc2ccccc21. The van der Waals surface area contributed by atoms with Crippen molar-refractivity contribution >= 4 is 5.91 Å². The minimum atomic E-state index is -0.223. The smallest absolute Gasteiger partial charge is 0.226 e. The first kappa shape index (κ1) is 10.5. The number of carbonyl (C=O) groups excluding carboxylic acids is 1. The van der Waals surface area contributed by atoms with Gasteiger partial charge in [-0.3, -0.25) is 4.79 Å². The summed E-state index contributed by atoms with van der Waals surface area (Å²) in [5, 5.41) is 6.10. The molecule has 1 aliphatic carbocycles. The summed E-state index contributed by atoms with van der Waals surface area (Å²) < 4.78 is 0. The summed E-state index contributed by atoms with van der Waals surface area (Å²) in [7, 11) is 0. The molecule has 1 amide bonds. The van der Waals surface area contributed by atoms with E-state index in [1.165, 1.54) is 11.1 Å². The summed E-state index contributed by atoms with van der Waals surface area (Å²) in [6.45, 7) is -0.130. The number of carbonyl (C=O) groups is 1. The molecule has 82 valence electrons. The second-order valence-electron chi connectivity index (χ2n) is 3.75. The van der Waals surface area contributed by atoms with Gasteiger partial charge in [-0.15, -0.1) is 0 Å². The molecule has 5 heteroatoms. The third kappa shape index (κ3) is 2.15. The number of nitrogens with one attached hydrogen (secondary N) is 1. The Morgan fingerprint density at radius 1 is 1.56 bits per heavy atom. The number of azide groups is 1. The van der Waals surface area contributed by atoms with Gasteiger partial charge in [0.2, 0.25) is 5.91 Å². The zero-order valence-electron chi connectivity index (χ0n) is 8.76. The molecule has 1 aromatic carbocycles. The van der Waals surface area contributed by atoms with Crippen LogP contribution in [0.2, 0.25) is 0 Å². The predicted octanol–water partition coefficient (Wildman–Crippen LogP) is 2.10. The van der Waals surface area contributed by atoms with Crippen molar-refractivity contribution in [3.63, 3.8) is 0 Å². The van der Waals surface area contributed by atoms with Crippen LogP contribution < -0.4 is 5.32 Å². The standard InChI is InChI=1S/C11H12N4O/c12-15-13-7-11(16)14-10-6-5-8-3-1-2-4-9(8)10/h1-4,10H,5-7H2,(H,14,16). The number of hydrogen-bond donors (Lipinski definition) is 1. The fraction of sp³-hybridized carbons (Fsp3) is 0.364. The number of hydrogen-bond acceptors (Lipinski definition) is 2. The maximum Gasteiger partial charge on any atom is 0.226 e. The second kappa shape index (κ2) is 4.68. The highest BCUT2D eigenvalue weighted by atomic mass is 16.1. The van der Waals surface area contributed by atoms with Gasteiger partial charge in [0.1, 0.15) is 6.54 Å². The van der Waals surface area contributed by atoms with Crippen molar-refractivity contribution in [3.05, 3.63) is 45.8 Å². The van der Waals surface area contributed by atoms with Gasteiger partial charge in [0.15, 0.2) is 0 Å². The van der Waals surface area contributed by atoms with Crippen molar-refractivity contribution in [1.29, 1.82) is 0 Å². The largest absolute Gasteiger partial charge is 0.349 e. The van der Waals surface area contributed by atoms with E-state index in [0.29, 0.717) is 0 Å². The molecule has 5 nitrogen and oxygen atoms in total. The van der Waals surface area contributed by atoms with Crippen molar-refractivity contribution in [3.8, 4) is 0 Å². The molecule has 0 aromatic heterocycles. The van der Waals surface area contributed by atoms with Crippen LogP contribution in [0.15, 0.2) is 29.4 Å². The van der Waals surface area contributed by atoms with Crippen LogP contribution in [0.5, 0.6) is 0 Å². The predicted molar refractivity (Wildman–Crippen MR) is 59.7 cm³/mol. The van der Waals surface area contributed by atoms with E-state index in [4.69, 9.17) is 5.53 Å². The number of aryl methyl sites for hydroxylation is 1. The highest BCUT2D eigenvalue weighted by molar-refractivity contribution is 5.78. The molecule has 1 atom stereocenters. The zero-order chi connectivity index (χ0) is 11.4. The lowest BCUT2D eigenvalue weighted by molar-refractivity contribution is -0.120. The first-order valence-corrected chi connectivity index (χ1v) is 5.19. The summed E-state index contributed by atoms with van der Waals surface area (Å²) in [5.74, 6) is -0.223. The molecule has 0 saturated carbocycles. The molecular weight excluding hydrogens is 204 g/mol. The van der Waals surface area contributed by atoms with E-state index in [0.717, 1.165) is 12.8 Å². The fourth-order valence-electron chi connectivity index (χ4n) is 2.04. The van der Waals surface area contributed by atoms with Crippen molar-refractivity contribution in [2.45, 2.75) is 18.9 Å². The fourth-order valence-corrected chi connectivity index (χ4v) is 2.04. The Bertz CT molecular complexity index is 451. The number of nitrogens with zero attached hydrogens (tertiary/aromatic N) is 3. The summed E-state index contributed by atoms with van der Waals surface area (Å²) in [5.41, 5.74) is 10.6. The molecule has 0 spiro atoms. The molecule has 0 heterocycles. The van der Waals surface area contributed by atoms with Gasteiger partial charge in [-0.05, 0) is 29.5 Å². The van der Waals surface area contributed by atoms with Crippen LogP contribution in [0.4, 0.5) is 0 Å². The summed E-state index contributed by atoms with van der Waals surface area (Å²) in [4.78, 5) is 14.0. The number of rotatable bonds is 3. The van der Waals surface area contributed by atoms with E-state index in [-0.39, 0.29) is 18.5 Å². The van der Waals surface area contributed by atoms with E-state index in [1.54, 1.807) is 0 Å². The molecule has 0 saturated heterocycles. The molecular formula is C11H12N4O. The van der Waals surface area contributed by atoms with Crippen LogP contribution in [-0.2, 0) is 11.2 Å². The maximum atomic E-state index is 11.4. The first-order valence-electron chi connectivity index (χ1n) is 5.19. The van der Waals surface area contributed by atoms with E-state index >= 15 is 0 Å². The lowest BCUT2D eigenvalue weighted by Gasteiger charge is -2.12. The van der Waals surface area contributed by atoms with Gasteiger partial charge in [0, 0.05) is 4.91 Å². The highest BCUT2D eigenvalue weighted by Crippen LogP contribution is 2.30. The lowest BCUT2D eigenvalue weighted by atomic mass is 10.1. The molecule has 2 rings (SSSR count). The van der Waals surface area contributed by atoms with E-state index in [2.05, 4.69) is 21.4 Å². The minimum absolute atomic E-state index is 0.0672. The minimum Gasteiger partial charge on any atom is -0.349 e.